The van der Waals surface area contributed by atoms with Gasteiger partial charge in [0.25, 0.3) is 0 Å². The Morgan fingerprint density at radius 1 is 0.367 bits per heavy atom. The minimum absolute atomic E-state index is 0.162. The molecule has 2 heterocycles. The van der Waals surface area contributed by atoms with Crippen molar-refractivity contribution < 1.29 is 0 Å². The first-order valence-electron chi connectivity index (χ1n) is 20.6. The molecule has 0 atom stereocenters. The minimum atomic E-state index is -0.162. The Morgan fingerprint density at radius 2 is 0.933 bits per heavy atom. The van der Waals surface area contributed by atoms with E-state index in [-0.39, 0.29) is 5.41 Å². The van der Waals surface area contributed by atoms with Crippen LogP contribution < -0.4 is 0 Å². The van der Waals surface area contributed by atoms with E-state index in [2.05, 4.69) is 188 Å². The smallest absolute Gasteiger partial charge is 0.164 e. The van der Waals surface area contributed by atoms with Crippen LogP contribution in [0.15, 0.2) is 194 Å². The van der Waals surface area contributed by atoms with Gasteiger partial charge in [0.1, 0.15) is 0 Å². The molecule has 0 bridgehead atoms. The van der Waals surface area contributed by atoms with E-state index < -0.39 is 0 Å². The fourth-order valence-electron chi connectivity index (χ4n) is 9.68. The van der Waals surface area contributed by atoms with E-state index in [0.29, 0.717) is 17.5 Å². The summed E-state index contributed by atoms with van der Waals surface area (Å²) in [5.74, 6) is 1.92. The third-order valence-corrected chi connectivity index (χ3v) is 12.7. The molecule has 4 heteroatoms. The van der Waals surface area contributed by atoms with E-state index in [1.54, 1.807) is 0 Å². The highest BCUT2D eigenvalue weighted by Gasteiger charge is 2.37. The first kappa shape index (κ1) is 34.4. The predicted molar refractivity (Wildman–Crippen MR) is 248 cm³/mol. The first-order chi connectivity index (χ1) is 29.5. The largest absolute Gasteiger partial charge is 0.309 e. The van der Waals surface area contributed by atoms with Gasteiger partial charge in [0.2, 0.25) is 0 Å². The second-order valence-electron chi connectivity index (χ2n) is 16.4. The SMILES string of the molecule is CC1(C)c2cc3c(cc2-c2c1ccc1ccccc21)c1ccccc1n3-c1ccc(-c2nc(-c3ccccc3)nc(-c3ccc(-c4ccccc4)cc3)n2)c2ccccc12. The average molecular weight is 767 g/mol. The van der Waals surface area contributed by atoms with Crippen molar-refractivity contribution in [2.45, 2.75) is 19.3 Å². The molecule has 11 aromatic rings. The van der Waals surface area contributed by atoms with Gasteiger partial charge in [-0.25, -0.2) is 15.0 Å². The molecule has 9 aromatic carbocycles. The lowest BCUT2D eigenvalue weighted by atomic mass is 9.82. The Hall–Kier alpha value is -7.69. The van der Waals surface area contributed by atoms with Gasteiger partial charge in [0, 0.05) is 38.3 Å². The zero-order valence-electron chi connectivity index (χ0n) is 33.3. The molecule has 0 N–H and O–H groups in total. The lowest BCUT2D eigenvalue weighted by Gasteiger charge is -2.22. The van der Waals surface area contributed by atoms with Gasteiger partial charge < -0.3 is 4.57 Å². The molecule has 0 amide bonds. The van der Waals surface area contributed by atoms with Crippen LogP contribution in [0.4, 0.5) is 0 Å². The van der Waals surface area contributed by atoms with Crippen LogP contribution >= 0.6 is 0 Å². The van der Waals surface area contributed by atoms with Gasteiger partial charge in [0.05, 0.1) is 16.7 Å². The fourth-order valence-corrected chi connectivity index (χ4v) is 9.68. The summed E-state index contributed by atoms with van der Waals surface area (Å²) in [6, 6.07) is 69.5. The Balaban J connectivity index is 1.06. The molecule has 4 nitrogen and oxygen atoms in total. The van der Waals surface area contributed by atoms with Crippen LogP contribution in [0.3, 0.4) is 0 Å². The molecule has 12 rings (SSSR count). The molecule has 0 fully saturated rings. The minimum Gasteiger partial charge on any atom is -0.309 e. The van der Waals surface area contributed by atoms with Crippen LogP contribution in [0.5, 0.6) is 0 Å². The van der Waals surface area contributed by atoms with Crippen molar-refractivity contribution in [3.8, 4) is 62.1 Å². The van der Waals surface area contributed by atoms with E-state index in [4.69, 9.17) is 15.0 Å². The molecular formula is C56H38N4. The number of nitrogens with zero attached hydrogens (tertiary/aromatic N) is 4. The Kier molecular flexibility index (Phi) is 7.54. The third kappa shape index (κ3) is 5.20. The van der Waals surface area contributed by atoms with Crippen molar-refractivity contribution in [2.75, 3.05) is 0 Å². The van der Waals surface area contributed by atoms with Crippen LogP contribution in [0, 0.1) is 0 Å². The van der Waals surface area contributed by atoms with Crippen molar-refractivity contribution in [2.24, 2.45) is 0 Å². The lowest BCUT2D eigenvalue weighted by molar-refractivity contribution is 0.661. The predicted octanol–water partition coefficient (Wildman–Crippen LogP) is 14.2. The number of para-hydroxylation sites is 1. The second-order valence-corrected chi connectivity index (χ2v) is 16.4. The van der Waals surface area contributed by atoms with Crippen molar-refractivity contribution >= 4 is 43.4 Å². The molecule has 0 radical (unpaired) electrons. The normalized spacial score (nSPS) is 13.0. The molecule has 282 valence electrons. The Bertz CT molecular complexity index is 3490. The van der Waals surface area contributed by atoms with Crippen LogP contribution in [0.1, 0.15) is 25.0 Å². The van der Waals surface area contributed by atoms with E-state index in [9.17, 15) is 0 Å². The fraction of sp³-hybridized carbons (Fsp3) is 0.0536. The van der Waals surface area contributed by atoms with Gasteiger partial charge in [0.15, 0.2) is 17.5 Å². The van der Waals surface area contributed by atoms with Gasteiger partial charge in [-0.1, -0.05) is 178 Å². The monoisotopic (exact) mass is 766 g/mol. The molecule has 2 aromatic heterocycles. The van der Waals surface area contributed by atoms with E-state index in [1.165, 1.54) is 60.4 Å². The number of rotatable bonds is 5. The zero-order valence-corrected chi connectivity index (χ0v) is 33.3. The van der Waals surface area contributed by atoms with Gasteiger partial charge in [-0.15, -0.1) is 0 Å². The highest BCUT2D eigenvalue weighted by molar-refractivity contribution is 6.15. The average Bonchev–Trinajstić information content (AvgIpc) is 3.75. The van der Waals surface area contributed by atoms with Crippen molar-refractivity contribution in [3.63, 3.8) is 0 Å². The lowest BCUT2D eigenvalue weighted by Crippen LogP contribution is -2.15. The molecule has 1 aliphatic carbocycles. The topological polar surface area (TPSA) is 43.6 Å². The third-order valence-electron chi connectivity index (χ3n) is 12.7. The van der Waals surface area contributed by atoms with Crippen LogP contribution in [0.25, 0.3) is 105 Å². The molecule has 0 spiro atoms. The first-order valence-corrected chi connectivity index (χ1v) is 20.6. The Morgan fingerprint density at radius 3 is 1.68 bits per heavy atom. The molecule has 0 saturated heterocycles. The maximum atomic E-state index is 5.21. The van der Waals surface area contributed by atoms with Crippen molar-refractivity contribution in [1.29, 1.82) is 0 Å². The maximum absolute atomic E-state index is 5.21. The summed E-state index contributed by atoms with van der Waals surface area (Å²) in [7, 11) is 0. The van der Waals surface area contributed by atoms with Crippen LogP contribution in [-0.2, 0) is 5.41 Å². The van der Waals surface area contributed by atoms with Gasteiger partial charge in [-0.3, -0.25) is 0 Å². The van der Waals surface area contributed by atoms with E-state index in [1.807, 2.05) is 24.3 Å². The van der Waals surface area contributed by atoms with Gasteiger partial charge >= 0.3 is 0 Å². The standard InChI is InChI=1S/C56H38N4/c1-56(2)47-31-29-37-17-9-10-20-40(37)52(47)46-33-45-43-23-13-14-24-49(43)60(51(45)34-48(46)56)50-32-30-44(41-21-11-12-22-42(41)50)55-58-53(38-18-7-4-8-19-38)57-54(59-55)39-27-25-36(26-28-39)35-15-5-3-6-16-35/h3-34H,1-2H3. The molecule has 0 unspecified atom stereocenters. The van der Waals surface area contributed by atoms with Gasteiger partial charge in [-0.05, 0) is 79.9 Å². The van der Waals surface area contributed by atoms with E-state index in [0.717, 1.165) is 38.7 Å². The van der Waals surface area contributed by atoms with E-state index >= 15 is 0 Å². The maximum Gasteiger partial charge on any atom is 0.164 e. The number of fused-ring (bicyclic) bond motifs is 9. The van der Waals surface area contributed by atoms with Crippen molar-refractivity contribution in [3.05, 3.63) is 205 Å². The summed E-state index contributed by atoms with van der Waals surface area (Å²) < 4.78 is 2.47. The number of aromatic nitrogens is 4. The summed E-state index contributed by atoms with van der Waals surface area (Å²) in [4.78, 5) is 15.4. The highest BCUT2D eigenvalue weighted by atomic mass is 15.0. The van der Waals surface area contributed by atoms with Gasteiger partial charge in [-0.2, -0.15) is 0 Å². The summed E-state index contributed by atoms with van der Waals surface area (Å²) in [5.41, 5.74) is 13.9. The zero-order chi connectivity index (χ0) is 40.0. The molecular weight excluding hydrogens is 729 g/mol. The summed E-state index contributed by atoms with van der Waals surface area (Å²) in [6.07, 6.45) is 0. The van der Waals surface area contributed by atoms with Crippen molar-refractivity contribution in [1.82, 2.24) is 19.5 Å². The van der Waals surface area contributed by atoms with Crippen LogP contribution in [-0.4, -0.2) is 19.5 Å². The summed E-state index contributed by atoms with van der Waals surface area (Å²) in [5, 5.41) is 7.28. The molecule has 60 heavy (non-hydrogen) atoms. The molecule has 0 saturated carbocycles. The summed E-state index contributed by atoms with van der Waals surface area (Å²) >= 11 is 0. The Labute approximate surface area is 348 Å². The van der Waals surface area contributed by atoms with Crippen LogP contribution in [0.2, 0.25) is 0 Å². The number of benzene rings is 9. The summed E-state index contributed by atoms with van der Waals surface area (Å²) in [6.45, 7) is 4.75. The number of hydrogen-bond donors (Lipinski definition) is 0. The molecule has 1 aliphatic rings. The number of hydrogen-bond acceptors (Lipinski definition) is 3. The second kappa shape index (κ2) is 13.2. The quantitative estimate of drug-likeness (QED) is 0.175. The molecule has 0 aliphatic heterocycles. The highest BCUT2D eigenvalue weighted by Crippen LogP contribution is 2.53.